The number of sulfonamides is 1. The largest absolute Gasteiger partial charge is 0.395 e. The van der Waals surface area contributed by atoms with Crippen LogP contribution in [-0.2, 0) is 10.0 Å². The predicted octanol–water partition coefficient (Wildman–Crippen LogP) is -0.253. The summed E-state index contributed by atoms with van der Waals surface area (Å²) >= 11 is 0. The molecule has 0 atom stereocenters. The number of amides is 1. The van der Waals surface area contributed by atoms with Crippen molar-refractivity contribution in [3.63, 3.8) is 0 Å². The van der Waals surface area contributed by atoms with E-state index in [0.717, 1.165) is 5.56 Å². The van der Waals surface area contributed by atoms with Gasteiger partial charge in [0, 0.05) is 18.5 Å². The van der Waals surface area contributed by atoms with E-state index in [1.807, 2.05) is 13.0 Å². The second-order valence-corrected chi connectivity index (χ2v) is 6.18. The number of aliphatic hydroxyl groups is 1. The molecule has 0 aliphatic carbocycles. The fraction of sp³-hybridized carbons (Fsp3) is 0.357. The molecule has 0 aliphatic rings. The van der Waals surface area contributed by atoms with E-state index in [1.54, 1.807) is 12.1 Å². The molecule has 114 valence electrons. The Bertz CT molecular complexity index is 672. The molecule has 0 heterocycles. The van der Waals surface area contributed by atoms with E-state index in [9.17, 15) is 13.2 Å². The van der Waals surface area contributed by atoms with Crippen LogP contribution in [0.15, 0.2) is 18.2 Å². The maximum Gasteiger partial charge on any atom is 0.252 e. The summed E-state index contributed by atoms with van der Waals surface area (Å²) in [5.41, 5.74) is 1.79. The normalized spacial score (nSPS) is 10.6. The summed E-state index contributed by atoms with van der Waals surface area (Å²) < 4.78 is 21.7. The summed E-state index contributed by atoms with van der Waals surface area (Å²) in [6.45, 7) is 1.73. The highest BCUT2D eigenvalue weighted by atomic mass is 32.2. The number of nitrogens with one attached hydrogen (secondary N) is 1. The number of hydrogen-bond acceptors (Lipinski definition) is 4. The van der Waals surface area contributed by atoms with Gasteiger partial charge in [-0.3, -0.25) is 4.79 Å². The van der Waals surface area contributed by atoms with Crippen molar-refractivity contribution >= 4 is 15.9 Å². The molecule has 0 bridgehead atoms. The minimum Gasteiger partial charge on any atom is -0.395 e. The predicted molar refractivity (Wildman–Crippen MR) is 80.1 cm³/mol. The minimum atomic E-state index is -3.61. The Morgan fingerprint density at radius 1 is 1.43 bits per heavy atom. The van der Waals surface area contributed by atoms with E-state index < -0.39 is 15.9 Å². The first-order valence-corrected chi connectivity index (χ1v) is 8.04. The summed E-state index contributed by atoms with van der Waals surface area (Å²) in [6, 6.07) is 5.22. The molecule has 6 nitrogen and oxygen atoms in total. The molecule has 4 N–H and O–H groups in total. The van der Waals surface area contributed by atoms with E-state index in [-0.39, 0.29) is 18.9 Å². The van der Waals surface area contributed by atoms with E-state index in [2.05, 4.69) is 17.2 Å². The molecule has 21 heavy (non-hydrogen) atoms. The highest BCUT2D eigenvalue weighted by Gasteiger charge is 2.11. The van der Waals surface area contributed by atoms with Gasteiger partial charge in [-0.15, -0.1) is 0 Å². The van der Waals surface area contributed by atoms with Crippen LogP contribution >= 0.6 is 0 Å². The van der Waals surface area contributed by atoms with Crippen molar-refractivity contribution in [1.29, 1.82) is 0 Å². The lowest BCUT2D eigenvalue weighted by Gasteiger charge is -2.07. The average Bonchev–Trinajstić information content (AvgIpc) is 2.39. The Balaban J connectivity index is 2.87. The topological polar surface area (TPSA) is 109 Å². The quantitative estimate of drug-likeness (QED) is 0.651. The molecular formula is C14H18N2O4S. The second kappa shape index (κ2) is 7.78. The summed E-state index contributed by atoms with van der Waals surface area (Å²) in [5.74, 6) is 4.84. The maximum absolute atomic E-state index is 12.1. The second-order valence-electron chi connectivity index (χ2n) is 4.45. The third-order valence-corrected chi connectivity index (χ3v) is 3.32. The highest BCUT2D eigenvalue weighted by molar-refractivity contribution is 7.89. The molecule has 0 saturated heterocycles. The standard InChI is InChI=1S/C14H18N2O4S/c1-11-5-6-12(4-2-3-8-17)13(10-11)14(18)16-7-9-21(15,19)20/h5-6,10,17H,3,7-9H2,1H3,(H,16,18)(H2,15,19,20). The molecule has 0 unspecified atom stereocenters. The van der Waals surface area contributed by atoms with Crippen LogP contribution in [0.1, 0.15) is 27.9 Å². The van der Waals surface area contributed by atoms with Gasteiger partial charge in [0.1, 0.15) is 0 Å². The lowest BCUT2D eigenvalue weighted by Crippen LogP contribution is -2.31. The number of benzene rings is 1. The first-order chi connectivity index (χ1) is 9.83. The molecule has 0 aliphatic heterocycles. The van der Waals surface area contributed by atoms with Crippen LogP contribution in [0.25, 0.3) is 0 Å². The Hall–Kier alpha value is -1.88. The van der Waals surface area contributed by atoms with Crippen LogP contribution in [0.4, 0.5) is 0 Å². The Labute approximate surface area is 124 Å². The molecular weight excluding hydrogens is 292 g/mol. The van der Waals surface area contributed by atoms with Gasteiger partial charge in [-0.25, -0.2) is 13.6 Å². The molecule has 0 aromatic heterocycles. The van der Waals surface area contributed by atoms with E-state index in [0.29, 0.717) is 17.5 Å². The third kappa shape index (κ3) is 6.40. The zero-order valence-electron chi connectivity index (χ0n) is 11.7. The van der Waals surface area contributed by atoms with E-state index in [4.69, 9.17) is 10.2 Å². The van der Waals surface area contributed by atoms with Gasteiger partial charge >= 0.3 is 0 Å². The number of carbonyl (C=O) groups is 1. The summed E-state index contributed by atoms with van der Waals surface area (Å²) in [5, 5.41) is 16.1. The van der Waals surface area contributed by atoms with Gasteiger partial charge in [0.25, 0.3) is 5.91 Å². The first kappa shape index (κ1) is 17.2. The zero-order chi connectivity index (χ0) is 15.9. The van der Waals surface area contributed by atoms with Crippen LogP contribution in [0.5, 0.6) is 0 Å². The van der Waals surface area contributed by atoms with Crippen molar-refractivity contribution in [2.75, 3.05) is 18.9 Å². The summed E-state index contributed by atoms with van der Waals surface area (Å²) in [7, 11) is -3.61. The number of carbonyl (C=O) groups excluding carboxylic acids is 1. The molecule has 1 aromatic carbocycles. The highest BCUT2D eigenvalue weighted by Crippen LogP contribution is 2.11. The van der Waals surface area contributed by atoms with Gasteiger partial charge in [0.05, 0.1) is 17.9 Å². The molecule has 1 amide bonds. The van der Waals surface area contributed by atoms with Crippen LogP contribution < -0.4 is 10.5 Å². The number of rotatable bonds is 5. The van der Waals surface area contributed by atoms with Gasteiger partial charge < -0.3 is 10.4 Å². The van der Waals surface area contributed by atoms with Gasteiger partial charge in [0.2, 0.25) is 10.0 Å². The van der Waals surface area contributed by atoms with Crippen molar-refractivity contribution < 1.29 is 18.3 Å². The van der Waals surface area contributed by atoms with E-state index in [1.165, 1.54) is 0 Å². The van der Waals surface area contributed by atoms with Gasteiger partial charge in [0.15, 0.2) is 0 Å². The lowest BCUT2D eigenvalue weighted by molar-refractivity contribution is 0.0956. The first-order valence-electron chi connectivity index (χ1n) is 6.32. The number of aliphatic hydroxyl groups excluding tert-OH is 1. The summed E-state index contributed by atoms with van der Waals surface area (Å²) in [6.07, 6.45) is 0.320. The van der Waals surface area contributed by atoms with Crippen LogP contribution in [0, 0.1) is 18.8 Å². The average molecular weight is 310 g/mol. The fourth-order valence-corrected chi connectivity index (χ4v) is 1.96. The molecule has 0 radical (unpaired) electrons. The Kier molecular flexibility index (Phi) is 6.37. The molecule has 1 aromatic rings. The third-order valence-electron chi connectivity index (χ3n) is 2.55. The minimum absolute atomic E-state index is 0.0469. The number of nitrogens with two attached hydrogens (primary N) is 1. The molecule has 0 saturated carbocycles. The molecule has 7 heteroatoms. The Morgan fingerprint density at radius 3 is 2.76 bits per heavy atom. The monoisotopic (exact) mass is 310 g/mol. The van der Waals surface area contributed by atoms with Crippen molar-refractivity contribution in [3.8, 4) is 11.8 Å². The SMILES string of the molecule is Cc1ccc(C#CCCO)c(C(=O)NCCS(N)(=O)=O)c1. The van der Waals surface area contributed by atoms with Crippen molar-refractivity contribution in [2.45, 2.75) is 13.3 Å². The van der Waals surface area contributed by atoms with Gasteiger partial charge in [-0.1, -0.05) is 23.5 Å². The number of hydrogen-bond donors (Lipinski definition) is 3. The summed E-state index contributed by atoms with van der Waals surface area (Å²) in [4.78, 5) is 12.1. The van der Waals surface area contributed by atoms with Crippen molar-refractivity contribution in [2.24, 2.45) is 5.14 Å². The van der Waals surface area contributed by atoms with Crippen molar-refractivity contribution in [1.82, 2.24) is 5.32 Å². The van der Waals surface area contributed by atoms with Gasteiger partial charge in [-0.2, -0.15) is 0 Å². The smallest absolute Gasteiger partial charge is 0.252 e. The van der Waals surface area contributed by atoms with Gasteiger partial charge in [-0.05, 0) is 19.1 Å². The van der Waals surface area contributed by atoms with Crippen LogP contribution in [0.2, 0.25) is 0 Å². The lowest BCUT2D eigenvalue weighted by atomic mass is 10.0. The maximum atomic E-state index is 12.1. The van der Waals surface area contributed by atoms with Crippen molar-refractivity contribution in [3.05, 3.63) is 34.9 Å². The van der Waals surface area contributed by atoms with E-state index >= 15 is 0 Å². The number of aryl methyl sites for hydroxylation is 1. The van der Waals surface area contributed by atoms with Crippen LogP contribution in [0.3, 0.4) is 0 Å². The number of primary sulfonamides is 1. The molecule has 0 spiro atoms. The zero-order valence-corrected chi connectivity index (χ0v) is 12.5. The fourth-order valence-electron chi connectivity index (χ4n) is 1.57. The Morgan fingerprint density at radius 2 is 2.14 bits per heavy atom. The molecule has 0 fully saturated rings. The van der Waals surface area contributed by atoms with Crippen LogP contribution in [-0.4, -0.2) is 38.3 Å². The molecule has 1 rings (SSSR count).